The topological polar surface area (TPSA) is 69.6 Å². The lowest BCUT2D eigenvalue weighted by Gasteiger charge is -2.36. The summed E-state index contributed by atoms with van der Waals surface area (Å²) in [6.45, 7) is 2.19. The number of piperidine rings is 1. The molecule has 1 aromatic carbocycles. The van der Waals surface area contributed by atoms with E-state index in [1.807, 2.05) is 23.1 Å². The molecule has 2 aliphatic heterocycles. The Bertz CT molecular complexity index is 641. The Morgan fingerprint density at radius 3 is 2.62 bits per heavy atom. The predicted molar refractivity (Wildman–Crippen MR) is 89.6 cm³/mol. The Hall–Kier alpha value is -1.88. The summed E-state index contributed by atoms with van der Waals surface area (Å²) in [5.41, 5.74) is 1.41. The number of benzene rings is 1. The van der Waals surface area contributed by atoms with Crippen molar-refractivity contribution < 1.29 is 14.7 Å². The molecule has 128 valence electrons. The third kappa shape index (κ3) is 2.81. The number of carboxylic acid groups (broad SMARTS) is 1. The minimum atomic E-state index is -0.842. The Morgan fingerprint density at radius 1 is 1.21 bits per heavy atom. The molecule has 1 aromatic rings. The molecule has 3 atom stereocenters. The second kappa shape index (κ2) is 5.88. The van der Waals surface area contributed by atoms with Crippen LogP contribution in [0.1, 0.15) is 37.2 Å². The first-order chi connectivity index (χ1) is 11.6. The zero-order chi connectivity index (χ0) is 16.7. The Balaban J connectivity index is 1.44. The number of aliphatic carboxylic acids is 1. The summed E-state index contributed by atoms with van der Waals surface area (Å²) in [5.74, 6) is -1.11. The highest BCUT2D eigenvalue weighted by molar-refractivity contribution is 5.88. The quantitative estimate of drug-likeness (QED) is 0.888. The van der Waals surface area contributed by atoms with Crippen molar-refractivity contribution in [2.75, 3.05) is 19.6 Å². The number of carbonyl (C=O) groups is 2. The molecule has 0 aromatic heterocycles. The maximum absolute atomic E-state index is 12.9. The summed E-state index contributed by atoms with van der Waals surface area (Å²) in [5, 5.41) is 12.8. The first kappa shape index (κ1) is 15.6. The van der Waals surface area contributed by atoms with Gasteiger partial charge in [0.25, 0.3) is 0 Å². The van der Waals surface area contributed by atoms with Crippen LogP contribution in [0.2, 0.25) is 0 Å². The summed E-state index contributed by atoms with van der Waals surface area (Å²) >= 11 is 0. The van der Waals surface area contributed by atoms with Crippen molar-refractivity contribution in [3.05, 3.63) is 35.9 Å². The summed E-state index contributed by atoms with van der Waals surface area (Å²) in [4.78, 5) is 26.5. The van der Waals surface area contributed by atoms with Crippen molar-refractivity contribution in [2.45, 2.75) is 37.6 Å². The van der Waals surface area contributed by atoms with E-state index in [4.69, 9.17) is 0 Å². The average molecular weight is 328 g/mol. The number of rotatable bonds is 3. The summed E-state index contributed by atoms with van der Waals surface area (Å²) in [7, 11) is 0. The molecule has 3 fully saturated rings. The minimum absolute atomic E-state index is 0.0312. The SMILES string of the molecule is O=C(O)C1CC2(CC2)CNC1C(=O)N1CCC(c2ccccc2)C1. The number of amides is 1. The van der Waals surface area contributed by atoms with Gasteiger partial charge in [0.2, 0.25) is 5.91 Å². The van der Waals surface area contributed by atoms with E-state index in [0.29, 0.717) is 25.4 Å². The molecule has 1 amide bonds. The van der Waals surface area contributed by atoms with Gasteiger partial charge in [-0.15, -0.1) is 0 Å². The number of carboxylic acids is 1. The number of nitrogens with zero attached hydrogens (tertiary/aromatic N) is 1. The minimum Gasteiger partial charge on any atom is -0.481 e. The van der Waals surface area contributed by atoms with Crippen LogP contribution in [0.3, 0.4) is 0 Å². The summed E-state index contributed by atoms with van der Waals surface area (Å²) in [6, 6.07) is 9.69. The monoisotopic (exact) mass is 328 g/mol. The molecule has 5 nitrogen and oxygen atoms in total. The fourth-order valence-electron chi connectivity index (χ4n) is 4.33. The van der Waals surface area contributed by atoms with Crippen LogP contribution in [0, 0.1) is 11.3 Å². The Kier molecular flexibility index (Phi) is 3.83. The van der Waals surface area contributed by atoms with Crippen LogP contribution >= 0.6 is 0 Å². The van der Waals surface area contributed by atoms with Crippen LogP contribution < -0.4 is 5.32 Å². The number of likely N-dealkylation sites (tertiary alicyclic amines) is 1. The number of hydrogen-bond donors (Lipinski definition) is 2. The molecule has 2 saturated heterocycles. The predicted octanol–water partition coefficient (Wildman–Crippen LogP) is 1.85. The van der Waals surface area contributed by atoms with Gasteiger partial charge in [0.05, 0.1) is 5.92 Å². The molecule has 1 spiro atoms. The lowest BCUT2D eigenvalue weighted by molar-refractivity contribution is -0.150. The zero-order valence-corrected chi connectivity index (χ0v) is 13.8. The fraction of sp³-hybridized carbons (Fsp3) is 0.579. The van der Waals surface area contributed by atoms with Crippen molar-refractivity contribution >= 4 is 11.9 Å². The smallest absolute Gasteiger partial charge is 0.308 e. The molecule has 5 heteroatoms. The molecular formula is C19H24N2O3. The fourth-order valence-corrected chi connectivity index (χ4v) is 4.33. The van der Waals surface area contributed by atoms with Crippen LogP contribution in [0.5, 0.6) is 0 Å². The molecule has 2 N–H and O–H groups in total. The molecule has 1 aliphatic carbocycles. The van der Waals surface area contributed by atoms with E-state index in [0.717, 1.165) is 25.8 Å². The molecule has 1 saturated carbocycles. The van der Waals surface area contributed by atoms with Gasteiger partial charge in [-0.05, 0) is 36.7 Å². The van der Waals surface area contributed by atoms with Gasteiger partial charge in [-0.3, -0.25) is 9.59 Å². The standard InChI is InChI=1S/C19H24N2O3/c22-17(16-15(18(23)24)10-19(7-8-19)12-20-16)21-9-6-14(11-21)13-4-2-1-3-5-13/h1-5,14-16,20H,6-12H2,(H,23,24). The van der Waals surface area contributed by atoms with Gasteiger partial charge in [0, 0.05) is 25.6 Å². The zero-order valence-electron chi connectivity index (χ0n) is 13.8. The molecule has 0 bridgehead atoms. The van der Waals surface area contributed by atoms with Crippen LogP contribution in [-0.2, 0) is 9.59 Å². The molecule has 3 unspecified atom stereocenters. The van der Waals surface area contributed by atoms with Gasteiger partial charge >= 0.3 is 5.97 Å². The van der Waals surface area contributed by atoms with E-state index in [2.05, 4.69) is 17.4 Å². The second-order valence-electron chi connectivity index (χ2n) is 7.69. The Morgan fingerprint density at radius 2 is 1.96 bits per heavy atom. The number of nitrogens with one attached hydrogen (secondary N) is 1. The third-order valence-corrected chi connectivity index (χ3v) is 6.06. The van der Waals surface area contributed by atoms with Crippen LogP contribution in [0.15, 0.2) is 30.3 Å². The third-order valence-electron chi connectivity index (χ3n) is 6.06. The van der Waals surface area contributed by atoms with Gasteiger partial charge in [0.15, 0.2) is 0 Å². The first-order valence-corrected chi connectivity index (χ1v) is 8.88. The average Bonchev–Trinajstić information content (AvgIpc) is 3.16. The number of hydrogen-bond acceptors (Lipinski definition) is 3. The van der Waals surface area contributed by atoms with Crippen LogP contribution in [0.25, 0.3) is 0 Å². The molecule has 2 heterocycles. The van der Waals surface area contributed by atoms with Crippen molar-refractivity contribution in [3.63, 3.8) is 0 Å². The molecule has 4 rings (SSSR count). The van der Waals surface area contributed by atoms with E-state index >= 15 is 0 Å². The second-order valence-corrected chi connectivity index (χ2v) is 7.69. The van der Waals surface area contributed by atoms with E-state index in [1.165, 1.54) is 5.56 Å². The maximum Gasteiger partial charge on any atom is 0.308 e. The lowest BCUT2D eigenvalue weighted by Crippen LogP contribution is -2.57. The number of carbonyl (C=O) groups excluding carboxylic acids is 1. The molecule has 24 heavy (non-hydrogen) atoms. The highest BCUT2D eigenvalue weighted by Crippen LogP contribution is 2.52. The van der Waals surface area contributed by atoms with Gasteiger partial charge in [-0.1, -0.05) is 30.3 Å². The van der Waals surface area contributed by atoms with E-state index in [9.17, 15) is 14.7 Å². The highest BCUT2D eigenvalue weighted by atomic mass is 16.4. The molecular weight excluding hydrogens is 304 g/mol. The van der Waals surface area contributed by atoms with E-state index < -0.39 is 17.9 Å². The van der Waals surface area contributed by atoms with Crippen molar-refractivity contribution in [1.29, 1.82) is 0 Å². The van der Waals surface area contributed by atoms with Crippen molar-refractivity contribution in [2.24, 2.45) is 11.3 Å². The largest absolute Gasteiger partial charge is 0.481 e. The van der Waals surface area contributed by atoms with Gasteiger partial charge in [-0.25, -0.2) is 0 Å². The van der Waals surface area contributed by atoms with Crippen LogP contribution in [0.4, 0.5) is 0 Å². The van der Waals surface area contributed by atoms with Crippen LogP contribution in [-0.4, -0.2) is 47.6 Å². The summed E-state index contributed by atoms with van der Waals surface area (Å²) < 4.78 is 0. The van der Waals surface area contributed by atoms with Gasteiger partial charge < -0.3 is 15.3 Å². The van der Waals surface area contributed by atoms with Gasteiger partial charge in [0.1, 0.15) is 6.04 Å². The van der Waals surface area contributed by atoms with E-state index in [-0.39, 0.29) is 11.3 Å². The van der Waals surface area contributed by atoms with Crippen molar-refractivity contribution in [1.82, 2.24) is 10.2 Å². The highest BCUT2D eigenvalue weighted by Gasteiger charge is 2.53. The van der Waals surface area contributed by atoms with Crippen molar-refractivity contribution in [3.8, 4) is 0 Å². The Labute approximate surface area is 142 Å². The normalized spacial score (nSPS) is 31.2. The summed E-state index contributed by atoms with van der Waals surface area (Å²) in [6.07, 6.45) is 3.76. The first-order valence-electron chi connectivity index (χ1n) is 8.88. The maximum atomic E-state index is 12.9. The molecule has 3 aliphatic rings. The lowest BCUT2D eigenvalue weighted by atomic mass is 9.82. The van der Waals surface area contributed by atoms with Gasteiger partial charge in [-0.2, -0.15) is 0 Å². The van der Waals surface area contributed by atoms with E-state index in [1.54, 1.807) is 0 Å². The molecule has 0 radical (unpaired) electrons.